The lowest BCUT2D eigenvalue weighted by molar-refractivity contribution is -0.139. The highest BCUT2D eigenvalue weighted by Crippen LogP contribution is 1.99. The maximum atomic E-state index is 10.8. The van der Waals surface area contributed by atoms with Gasteiger partial charge in [0.2, 0.25) is 11.9 Å². The third kappa shape index (κ3) is 2.55. The molecule has 0 atom stereocenters. The van der Waals surface area contributed by atoms with Gasteiger partial charge >= 0.3 is 5.97 Å². The number of rotatable bonds is 2. The van der Waals surface area contributed by atoms with Crippen LogP contribution in [-0.4, -0.2) is 28.0 Å². The maximum absolute atomic E-state index is 10.8. The topological polar surface area (TPSA) is 117 Å². The fourth-order valence-electron chi connectivity index (χ4n) is 0.737. The summed E-state index contributed by atoms with van der Waals surface area (Å²) in [6.45, 7) is 0. The summed E-state index contributed by atoms with van der Waals surface area (Å²) >= 11 is 0. The van der Waals surface area contributed by atoms with Crippen molar-refractivity contribution in [2.24, 2.45) is 0 Å². The number of aromatic nitrogens is 3. The molecule has 0 aliphatic rings. The lowest BCUT2D eigenvalue weighted by Gasteiger charge is -2.00. The summed E-state index contributed by atoms with van der Waals surface area (Å²) in [5, 5.41) is 0. The number of methoxy groups -OCH3 is 1. The van der Waals surface area contributed by atoms with Crippen molar-refractivity contribution in [2.45, 2.75) is 6.42 Å². The van der Waals surface area contributed by atoms with E-state index in [4.69, 9.17) is 11.5 Å². The van der Waals surface area contributed by atoms with Crippen LogP contribution in [0.15, 0.2) is 0 Å². The second kappa shape index (κ2) is 3.65. The Morgan fingerprint density at radius 3 is 2.31 bits per heavy atom. The average molecular weight is 183 g/mol. The van der Waals surface area contributed by atoms with Gasteiger partial charge in [-0.05, 0) is 0 Å². The lowest BCUT2D eigenvalue weighted by Crippen LogP contribution is -2.12. The van der Waals surface area contributed by atoms with Crippen molar-refractivity contribution in [1.29, 1.82) is 0 Å². The Balaban J connectivity index is 2.83. The van der Waals surface area contributed by atoms with E-state index in [1.54, 1.807) is 0 Å². The smallest absolute Gasteiger partial charge is 0.313 e. The van der Waals surface area contributed by atoms with Crippen molar-refractivity contribution >= 4 is 17.9 Å². The Hall–Kier alpha value is -1.92. The molecule has 1 rings (SSSR count). The highest BCUT2D eigenvalue weighted by Gasteiger charge is 2.07. The monoisotopic (exact) mass is 183 g/mol. The number of carbonyl (C=O) groups excluding carboxylic acids is 1. The van der Waals surface area contributed by atoms with Crippen molar-refractivity contribution in [1.82, 2.24) is 15.0 Å². The number of nitrogens with zero attached hydrogens (tertiary/aromatic N) is 3. The molecule has 13 heavy (non-hydrogen) atoms. The van der Waals surface area contributed by atoms with E-state index in [9.17, 15) is 4.79 Å². The van der Waals surface area contributed by atoms with Gasteiger partial charge in [0, 0.05) is 0 Å². The molecule has 7 nitrogen and oxygen atoms in total. The van der Waals surface area contributed by atoms with Crippen LogP contribution in [0.4, 0.5) is 11.9 Å². The van der Waals surface area contributed by atoms with Crippen LogP contribution in [0.3, 0.4) is 0 Å². The zero-order valence-corrected chi connectivity index (χ0v) is 7.02. The SMILES string of the molecule is COC(=O)Cc1nc(N)nc(N)n1. The van der Waals surface area contributed by atoms with Crippen molar-refractivity contribution in [2.75, 3.05) is 18.6 Å². The molecule has 70 valence electrons. The van der Waals surface area contributed by atoms with Crippen LogP contribution in [0.5, 0.6) is 0 Å². The Morgan fingerprint density at radius 2 is 1.85 bits per heavy atom. The highest BCUT2D eigenvalue weighted by atomic mass is 16.5. The number of nitrogens with two attached hydrogens (primary N) is 2. The molecule has 0 aliphatic carbocycles. The van der Waals surface area contributed by atoms with E-state index in [0.717, 1.165) is 0 Å². The van der Waals surface area contributed by atoms with Gasteiger partial charge in [0.05, 0.1) is 7.11 Å². The Labute approximate surface area is 74.1 Å². The number of esters is 1. The van der Waals surface area contributed by atoms with Crippen LogP contribution in [0.25, 0.3) is 0 Å². The lowest BCUT2D eigenvalue weighted by atomic mass is 10.4. The normalized spacial score (nSPS) is 9.62. The number of anilines is 2. The van der Waals surface area contributed by atoms with Crippen LogP contribution < -0.4 is 11.5 Å². The molecule has 0 aromatic carbocycles. The molecular formula is C6H9N5O2. The summed E-state index contributed by atoms with van der Waals surface area (Å²) in [6.07, 6.45) is -0.0621. The van der Waals surface area contributed by atoms with Gasteiger partial charge in [-0.3, -0.25) is 4.79 Å². The molecule has 0 aliphatic heterocycles. The maximum Gasteiger partial charge on any atom is 0.313 e. The number of hydrogen-bond donors (Lipinski definition) is 2. The Kier molecular flexibility index (Phi) is 2.58. The summed E-state index contributed by atoms with van der Waals surface area (Å²) in [6, 6.07) is 0. The van der Waals surface area contributed by atoms with Crippen molar-refractivity contribution < 1.29 is 9.53 Å². The zero-order valence-electron chi connectivity index (χ0n) is 7.02. The summed E-state index contributed by atoms with van der Waals surface area (Å²) in [7, 11) is 1.27. The average Bonchev–Trinajstić information content (AvgIpc) is 2.02. The summed E-state index contributed by atoms with van der Waals surface area (Å²) < 4.78 is 4.41. The minimum atomic E-state index is -0.454. The number of hydrogen-bond acceptors (Lipinski definition) is 7. The first-order valence-corrected chi connectivity index (χ1v) is 3.44. The van der Waals surface area contributed by atoms with Gasteiger partial charge in [-0.1, -0.05) is 0 Å². The van der Waals surface area contributed by atoms with Gasteiger partial charge in [0.25, 0.3) is 0 Å². The molecule has 0 radical (unpaired) electrons. The van der Waals surface area contributed by atoms with E-state index in [0.29, 0.717) is 0 Å². The van der Waals surface area contributed by atoms with Crippen LogP contribution in [-0.2, 0) is 16.0 Å². The highest BCUT2D eigenvalue weighted by molar-refractivity contribution is 5.71. The fourth-order valence-corrected chi connectivity index (χ4v) is 0.737. The van der Waals surface area contributed by atoms with Crippen molar-refractivity contribution in [3.8, 4) is 0 Å². The van der Waals surface area contributed by atoms with E-state index in [1.165, 1.54) is 7.11 Å². The molecule has 0 saturated carbocycles. The quantitative estimate of drug-likeness (QED) is 0.550. The first kappa shape index (κ1) is 9.17. The molecule has 0 unspecified atom stereocenters. The predicted molar refractivity (Wildman–Crippen MR) is 44.4 cm³/mol. The second-order valence-electron chi connectivity index (χ2n) is 2.22. The first-order chi connectivity index (χ1) is 6.11. The van der Waals surface area contributed by atoms with Gasteiger partial charge in [0.15, 0.2) is 0 Å². The molecule has 4 N–H and O–H groups in total. The molecule has 0 fully saturated rings. The van der Waals surface area contributed by atoms with Crippen LogP contribution >= 0.6 is 0 Å². The number of ether oxygens (including phenoxy) is 1. The minimum absolute atomic E-state index is 0.00796. The standard InChI is InChI=1S/C6H9N5O2/c1-13-4(12)2-3-9-5(7)11-6(8)10-3/h2H2,1H3,(H4,7,8,9,10,11). The molecule has 0 bridgehead atoms. The van der Waals surface area contributed by atoms with Crippen LogP contribution in [0.1, 0.15) is 5.82 Å². The molecule has 7 heteroatoms. The Bertz CT molecular complexity index is 307. The van der Waals surface area contributed by atoms with Crippen molar-refractivity contribution in [3.63, 3.8) is 0 Å². The zero-order chi connectivity index (χ0) is 9.84. The second-order valence-corrected chi connectivity index (χ2v) is 2.22. The van der Waals surface area contributed by atoms with Gasteiger partial charge in [-0.2, -0.15) is 15.0 Å². The first-order valence-electron chi connectivity index (χ1n) is 3.44. The third-order valence-corrected chi connectivity index (χ3v) is 1.25. The van der Waals surface area contributed by atoms with Gasteiger partial charge in [-0.25, -0.2) is 0 Å². The molecular weight excluding hydrogens is 174 g/mol. The summed E-state index contributed by atoms with van der Waals surface area (Å²) in [5.74, 6) is -0.264. The van der Waals surface area contributed by atoms with Crippen LogP contribution in [0.2, 0.25) is 0 Å². The van der Waals surface area contributed by atoms with Gasteiger partial charge < -0.3 is 16.2 Å². The van der Waals surface area contributed by atoms with E-state index < -0.39 is 5.97 Å². The largest absolute Gasteiger partial charge is 0.469 e. The summed E-state index contributed by atoms with van der Waals surface area (Å²) in [5.41, 5.74) is 10.6. The molecule has 1 aromatic heterocycles. The molecule has 1 heterocycles. The fraction of sp³-hybridized carbons (Fsp3) is 0.333. The van der Waals surface area contributed by atoms with Gasteiger partial charge in [0.1, 0.15) is 12.2 Å². The number of carbonyl (C=O) groups is 1. The molecule has 1 aromatic rings. The van der Waals surface area contributed by atoms with Crippen LogP contribution in [0, 0.1) is 0 Å². The summed E-state index contributed by atoms with van der Waals surface area (Å²) in [4.78, 5) is 21.7. The third-order valence-electron chi connectivity index (χ3n) is 1.25. The van der Waals surface area contributed by atoms with Crippen molar-refractivity contribution in [3.05, 3.63) is 5.82 Å². The van der Waals surface area contributed by atoms with E-state index >= 15 is 0 Å². The molecule has 0 saturated heterocycles. The Morgan fingerprint density at radius 1 is 1.31 bits per heavy atom. The number of nitrogen functional groups attached to an aromatic ring is 2. The predicted octanol–water partition coefficient (Wildman–Crippen LogP) is -1.25. The molecule has 0 spiro atoms. The van der Waals surface area contributed by atoms with E-state index in [2.05, 4.69) is 19.7 Å². The molecule has 0 amide bonds. The van der Waals surface area contributed by atoms with Gasteiger partial charge in [-0.15, -0.1) is 0 Å². The minimum Gasteiger partial charge on any atom is -0.469 e. The van der Waals surface area contributed by atoms with E-state index in [1.807, 2.05) is 0 Å². The van der Waals surface area contributed by atoms with E-state index in [-0.39, 0.29) is 24.1 Å².